The molecule has 0 fully saturated rings. The zero-order valence-corrected chi connectivity index (χ0v) is 31.2. The highest BCUT2D eigenvalue weighted by molar-refractivity contribution is 6.06. The van der Waals surface area contributed by atoms with Crippen molar-refractivity contribution in [3.05, 3.63) is 173 Å². The second-order valence-corrected chi connectivity index (χ2v) is 16.0. The van der Waals surface area contributed by atoms with E-state index < -0.39 is 0 Å². The van der Waals surface area contributed by atoms with Gasteiger partial charge in [0, 0.05) is 57.1 Å². The molecule has 0 saturated carbocycles. The minimum atomic E-state index is -0.190. The summed E-state index contributed by atoms with van der Waals surface area (Å²) >= 11 is 0. The van der Waals surface area contributed by atoms with Gasteiger partial charge in [-0.3, -0.25) is 0 Å². The Hall–Kier alpha value is -6.06. The van der Waals surface area contributed by atoms with Gasteiger partial charge in [-0.25, -0.2) is 0 Å². The third-order valence-corrected chi connectivity index (χ3v) is 12.1. The third-order valence-electron chi connectivity index (χ3n) is 12.1. The summed E-state index contributed by atoms with van der Waals surface area (Å²) in [5.41, 5.74) is 19.5. The summed E-state index contributed by atoms with van der Waals surface area (Å²) in [4.78, 5) is 4.72. The first-order valence-corrected chi connectivity index (χ1v) is 18.7. The van der Waals surface area contributed by atoms with Crippen LogP contribution in [0.5, 0.6) is 0 Å². The lowest BCUT2D eigenvalue weighted by Crippen LogP contribution is -2.18. The van der Waals surface area contributed by atoms with E-state index in [0.717, 1.165) is 39.0 Å². The lowest BCUT2D eigenvalue weighted by Gasteiger charge is -2.30. The molecule has 7 aromatic carbocycles. The van der Waals surface area contributed by atoms with E-state index in [1.165, 1.54) is 61.4 Å². The van der Waals surface area contributed by atoms with Crippen LogP contribution in [-0.2, 0) is 10.8 Å². The molecule has 0 unspecified atom stereocenters. The van der Waals surface area contributed by atoms with Crippen LogP contribution in [-0.4, -0.2) is 7.05 Å². The van der Waals surface area contributed by atoms with Gasteiger partial charge in [0.05, 0.1) is 0 Å². The Morgan fingerprint density at radius 1 is 0.415 bits per heavy atom. The number of fused-ring (bicyclic) bond motifs is 9. The first-order valence-electron chi connectivity index (χ1n) is 18.7. The second kappa shape index (κ2) is 11.2. The molecule has 0 radical (unpaired) electrons. The number of aryl methyl sites for hydroxylation is 1. The number of rotatable bonds is 5. The molecule has 258 valence electrons. The van der Waals surface area contributed by atoms with Crippen molar-refractivity contribution in [1.29, 1.82) is 0 Å². The summed E-state index contributed by atoms with van der Waals surface area (Å²) in [6.07, 6.45) is 0. The Balaban J connectivity index is 1.04. The van der Waals surface area contributed by atoms with Gasteiger partial charge in [-0.05, 0) is 124 Å². The van der Waals surface area contributed by atoms with Gasteiger partial charge < -0.3 is 14.2 Å². The molecule has 0 amide bonds. The quantitative estimate of drug-likeness (QED) is 0.180. The molecular weight excluding hydrogens is 645 g/mol. The average molecular weight is 687 g/mol. The second-order valence-electron chi connectivity index (χ2n) is 16.0. The molecule has 3 nitrogen and oxygen atoms in total. The number of nitrogens with zero attached hydrogens (tertiary/aromatic N) is 2. The number of hydrogen-bond acceptors (Lipinski definition) is 3. The summed E-state index contributed by atoms with van der Waals surface area (Å²) in [6, 6.07) is 53.6. The minimum Gasteiger partial charge on any atom is -0.456 e. The van der Waals surface area contributed by atoms with Crippen LogP contribution in [0.3, 0.4) is 0 Å². The molecule has 0 spiro atoms. The smallest absolute Gasteiger partial charge is 0.135 e. The van der Waals surface area contributed by atoms with E-state index in [-0.39, 0.29) is 10.8 Å². The molecule has 0 atom stereocenters. The Bertz CT molecular complexity index is 2770. The molecule has 0 N–H and O–H groups in total. The highest BCUT2D eigenvalue weighted by Gasteiger charge is 2.38. The molecular formula is C50H42N2O. The summed E-state index contributed by atoms with van der Waals surface area (Å²) in [5.74, 6) is 0. The summed E-state index contributed by atoms with van der Waals surface area (Å²) in [6.45, 7) is 11.7. The van der Waals surface area contributed by atoms with E-state index in [1.807, 2.05) is 12.1 Å². The van der Waals surface area contributed by atoms with Crippen LogP contribution >= 0.6 is 0 Å². The zero-order valence-electron chi connectivity index (χ0n) is 31.2. The Labute approximate surface area is 311 Å². The van der Waals surface area contributed by atoms with Crippen molar-refractivity contribution in [2.45, 2.75) is 45.4 Å². The number of furan rings is 1. The largest absolute Gasteiger partial charge is 0.456 e. The first kappa shape index (κ1) is 31.7. The van der Waals surface area contributed by atoms with Gasteiger partial charge in [0.15, 0.2) is 0 Å². The Morgan fingerprint density at radius 3 is 1.53 bits per heavy atom. The van der Waals surface area contributed by atoms with Crippen molar-refractivity contribution in [3.63, 3.8) is 0 Å². The lowest BCUT2D eigenvalue weighted by molar-refractivity contribution is 0.659. The van der Waals surface area contributed by atoms with Crippen LogP contribution in [0.15, 0.2) is 150 Å². The standard InChI is InChI=1S/C50H42N2O/c1-31-16-21-37-39-23-18-35(29-45(39)49(2,3)43(37)26-31)52(32-12-8-7-9-13-32)36-19-24-40-38-22-17-34(28-44(38)50(4,5)46(40)30-36)51(6)33-20-25-48-42(27-33)41-14-10-11-15-47(41)53-48/h7-30H,1-6H3. The van der Waals surface area contributed by atoms with E-state index in [0.29, 0.717) is 0 Å². The fourth-order valence-corrected chi connectivity index (χ4v) is 9.14. The predicted octanol–water partition coefficient (Wildman–Crippen LogP) is 13.7. The van der Waals surface area contributed by atoms with Gasteiger partial charge in [0.1, 0.15) is 11.2 Å². The zero-order chi connectivity index (χ0) is 36.2. The van der Waals surface area contributed by atoms with Gasteiger partial charge in [0.2, 0.25) is 0 Å². The molecule has 2 aliphatic rings. The van der Waals surface area contributed by atoms with Crippen LogP contribution in [0.1, 0.15) is 55.5 Å². The maximum atomic E-state index is 6.12. The SMILES string of the molecule is Cc1ccc2c(c1)C(C)(C)c1cc(N(c3ccccc3)c3ccc4c(c3)C(C)(C)c3cc(N(C)c5ccc6oc7ccccc7c6c5)ccc3-4)ccc1-2. The van der Waals surface area contributed by atoms with E-state index >= 15 is 0 Å². The van der Waals surface area contributed by atoms with E-state index in [1.54, 1.807) is 0 Å². The third kappa shape index (κ3) is 4.66. The van der Waals surface area contributed by atoms with Gasteiger partial charge in [0.25, 0.3) is 0 Å². The van der Waals surface area contributed by atoms with Gasteiger partial charge in [-0.1, -0.05) is 106 Å². The maximum Gasteiger partial charge on any atom is 0.135 e. The fraction of sp³-hybridized carbons (Fsp3) is 0.160. The van der Waals surface area contributed by atoms with Crippen LogP contribution in [0.4, 0.5) is 28.4 Å². The summed E-state index contributed by atoms with van der Waals surface area (Å²) < 4.78 is 6.12. The molecule has 53 heavy (non-hydrogen) atoms. The predicted molar refractivity (Wildman–Crippen MR) is 223 cm³/mol. The highest BCUT2D eigenvalue weighted by Crippen LogP contribution is 2.54. The maximum absolute atomic E-state index is 6.12. The number of hydrogen-bond donors (Lipinski definition) is 0. The van der Waals surface area contributed by atoms with Crippen LogP contribution < -0.4 is 9.80 Å². The fourth-order valence-electron chi connectivity index (χ4n) is 9.14. The number of para-hydroxylation sites is 2. The summed E-state index contributed by atoms with van der Waals surface area (Å²) in [5, 5.41) is 2.29. The monoisotopic (exact) mass is 686 g/mol. The van der Waals surface area contributed by atoms with Crippen molar-refractivity contribution in [2.75, 3.05) is 16.8 Å². The topological polar surface area (TPSA) is 19.6 Å². The number of anilines is 5. The highest BCUT2D eigenvalue weighted by atomic mass is 16.3. The van der Waals surface area contributed by atoms with E-state index in [2.05, 4.69) is 185 Å². The molecule has 10 rings (SSSR count). The lowest BCUT2D eigenvalue weighted by atomic mass is 9.81. The van der Waals surface area contributed by atoms with E-state index in [4.69, 9.17) is 4.42 Å². The van der Waals surface area contributed by atoms with E-state index in [9.17, 15) is 0 Å². The van der Waals surface area contributed by atoms with Crippen molar-refractivity contribution >= 4 is 50.4 Å². The molecule has 1 aromatic heterocycles. The number of benzene rings is 7. The Kier molecular flexibility index (Phi) is 6.70. The van der Waals surface area contributed by atoms with Gasteiger partial charge in [-0.15, -0.1) is 0 Å². The molecule has 3 heteroatoms. The van der Waals surface area contributed by atoms with Crippen molar-refractivity contribution in [2.24, 2.45) is 0 Å². The van der Waals surface area contributed by atoms with Crippen molar-refractivity contribution in [1.82, 2.24) is 0 Å². The average Bonchev–Trinajstić information content (AvgIpc) is 3.73. The molecule has 8 aromatic rings. The molecule has 0 bridgehead atoms. The van der Waals surface area contributed by atoms with Gasteiger partial charge in [-0.2, -0.15) is 0 Å². The van der Waals surface area contributed by atoms with Crippen LogP contribution in [0, 0.1) is 6.92 Å². The van der Waals surface area contributed by atoms with Crippen molar-refractivity contribution in [3.8, 4) is 22.3 Å². The summed E-state index contributed by atoms with van der Waals surface area (Å²) in [7, 11) is 2.16. The normalized spacial score (nSPS) is 14.5. The first-order chi connectivity index (χ1) is 25.6. The van der Waals surface area contributed by atoms with Crippen LogP contribution in [0.2, 0.25) is 0 Å². The minimum absolute atomic E-state index is 0.0838. The molecule has 0 saturated heterocycles. The molecule has 1 heterocycles. The molecule has 0 aliphatic heterocycles. The van der Waals surface area contributed by atoms with Crippen LogP contribution in [0.25, 0.3) is 44.2 Å². The molecule has 2 aliphatic carbocycles. The van der Waals surface area contributed by atoms with Crippen molar-refractivity contribution < 1.29 is 4.42 Å². The Morgan fingerprint density at radius 2 is 0.887 bits per heavy atom. The van der Waals surface area contributed by atoms with Gasteiger partial charge >= 0.3 is 0 Å².